The molecule has 126 valence electrons. The van der Waals surface area contributed by atoms with E-state index in [4.69, 9.17) is 0 Å². The summed E-state index contributed by atoms with van der Waals surface area (Å²) in [4.78, 5) is 16.7. The fourth-order valence-corrected chi connectivity index (χ4v) is 3.43. The quantitative estimate of drug-likeness (QED) is 0.796. The average Bonchev–Trinajstić information content (AvgIpc) is 2.60. The zero-order valence-corrected chi connectivity index (χ0v) is 15.0. The van der Waals surface area contributed by atoms with Gasteiger partial charge in [0.1, 0.15) is 5.82 Å². The Morgan fingerprint density at radius 1 is 1.04 bits per heavy atom. The standard InChI is InChI=1S/C19H20BrFN2O/c20-17-12-16(13-18(21)14-17)19(24)23-10-8-22(9-11-23)7-6-15-4-2-1-3-5-15/h1-5,12-14H,6-11H2. The highest BCUT2D eigenvalue weighted by Gasteiger charge is 2.22. The summed E-state index contributed by atoms with van der Waals surface area (Å²) in [5.41, 5.74) is 1.74. The van der Waals surface area contributed by atoms with Gasteiger partial charge in [0.05, 0.1) is 0 Å². The molecule has 0 N–H and O–H groups in total. The fraction of sp³-hybridized carbons (Fsp3) is 0.316. The molecular formula is C19H20BrFN2O. The van der Waals surface area contributed by atoms with Crippen LogP contribution in [0, 0.1) is 5.82 Å². The highest BCUT2D eigenvalue weighted by atomic mass is 79.9. The van der Waals surface area contributed by atoms with Crippen molar-refractivity contribution in [3.63, 3.8) is 0 Å². The Morgan fingerprint density at radius 3 is 2.42 bits per heavy atom. The molecule has 1 amide bonds. The first-order valence-corrected chi connectivity index (χ1v) is 8.93. The van der Waals surface area contributed by atoms with Crippen LogP contribution in [0.5, 0.6) is 0 Å². The average molecular weight is 391 g/mol. The molecule has 0 atom stereocenters. The van der Waals surface area contributed by atoms with Gasteiger partial charge in [-0.25, -0.2) is 4.39 Å². The summed E-state index contributed by atoms with van der Waals surface area (Å²) in [6, 6.07) is 14.8. The normalized spacial score (nSPS) is 15.5. The second-order valence-electron chi connectivity index (χ2n) is 6.03. The van der Waals surface area contributed by atoms with Crippen LogP contribution in [-0.2, 0) is 6.42 Å². The van der Waals surface area contributed by atoms with Crippen molar-refractivity contribution in [1.29, 1.82) is 0 Å². The Hall–Kier alpha value is -1.72. The van der Waals surface area contributed by atoms with Gasteiger partial charge in [0, 0.05) is 42.8 Å². The molecule has 3 rings (SSSR count). The van der Waals surface area contributed by atoms with Gasteiger partial charge in [-0.05, 0) is 30.2 Å². The van der Waals surface area contributed by atoms with Crippen LogP contribution in [0.15, 0.2) is 53.0 Å². The van der Waals surface area contributed by atoms with E-state index in [1.54, 1.807) is 11.0 Å². The van der Waals surface area contributed by atoms with E-state index in [1.165, 1.54) is 17.7 Å². The minimum absolute atomic E-state index is 0.0992. The lowest BCUT2D eigenvalue weighted by Crippen LogP contribution is -2.49. The number of amides is 1. The Morgan fingerprint density at radius 2 is 1.75 bits per heavy atom. The van der Waals surface area contributed by atoms with Crippen LogP contribution < -0.4 is 0 Å². The Bertz CT molecular complexity index is 680. The van der Waals surface area contributed by atoms with Crippen molar-refractivity contribution in [2.24, 2.45) is 0 Å². The molecule has 0 spiro atoms. The molecule has 1 aliphatic heterocycles. The van der Waals surface area contributed by atoms with Gasteiger partial charge in [-0.1, -0.05) is 46.3 Å². The largest absolute Gasteiger partial charge is 0.336 e. The highest BCUT2D eigenvalue weighted by Crippen LogP contribution is 2.17. The summed E-state index contributed by atoms with van der Waals surface area (Å²) in [6.45, 7) is 4.07. The monoisotopic (exact) mass is 390 g/mol. The number of hydrogen-bond acceptors (Lipinski definition) is 2. The molecule has 0 aliphatic carbocycles. The number of carbonyl (C=O) groups is 1. The minimum atomic E-state index is -0.394. The Labute approximate surface area is 150 Å². The number of nitrogens with zero attached hydrogens (tertiary/aromatic N) is 2. The van der Waals surface area contributed by atoms with Crippen molar-refractivity contribution < 1.29 is 9.18 Å². The van der Waals surface area contributed by atoms with Crippen LogP contribution in [0.1, 0.15) is 15.9 Å². The van der Waals surface area contributed by atoms with Crippen LogP contribution in [0.25, 0.3) is 0 Å². The van der Waals surface area contributed by atoms with Crippen molar-refractivity contribution in [1.82, 2.24) is 9.80 Å². The van der Waals surface area contributed by atoms with Crippen molar-refractivity contribution >= 4 is 21.8 Å². The Balaban J connectivity index is 1.52. The zero-order valence-electron chi connectivity index (χ0n) is 13.4. The van der Waals surface area contributed by atoms with E-state index < -0.39 is 5.82 Å². The van der Waals surface area contributed by atoms with E-state index in [-0.39, 0.29) is 5.91 Å². The van der Waals surface area contributed by atoms with Gasteiger partial charge in [0.25, 0.3) is 5.91 Å². The first-order chi connectivity index (χ1) is 11.6. The van der Waals surface area contributed by atoms with Gasteiger partial charge in [-0.2, -0.15) is 0 Å². The van der Waals surface area contributed by atoms with Gasteiger partial charge in [0.15, 0.2) is 0 Å². The molecule has 0 bridgehead atoms. The maximum Gasteiger partial charge on any atom is 0.254 e. The third kappa shape index (κ3) is 4.42. The summed E-state index contributed by atoms with van der Waals surface area (Å²) in [6.07, 6.45) is 1.02. The number of carbonyl (C=O) groups excluding carboxylic acids is 1. The van der Waals surface area contributed by atoms with E-state index in [1.807, 2.05) is 6.07 Å². The van der Waals surface area contributed by atoms with Crippen LogP contribution in [-0.4, -0.2) is 48.4 Å². The lowest BCUT2D eigenvalue weighted by molar-refractivity contribution is 0.0638. The molecule has 1 aliphatic rings. The van der Waals surface area contributed by atoms with Crippen molar-refractivity contribution in [3.05, 3.63) is 69.9 Å². The topological polar surface area (TPSA) is 23.6 Å². The number of halogens is 2. The summed E-state index contributed by atoms with van der Waals surface area (Å²) in [5.74, 6) is -0.493. The van der Waals surface area contributed by atoms with Gasteiger partial charge in [-0.15, -0.1) is 0 Å². The molecular weight excluding hydrogens is 371 g/mol. The summed E-state index contributed by atoms with van der Waals surface area (Å²) < 4.78 is 14.1. The number of hydrogen-bond donors (Lipinski definition) is 0. The van der Waals surface area contributed by atoms with Gasteiger partial charge < -0.3 is 4.90 Å². The van der Waals surface area contributed by atoms with E-state index in [9.17, 15) is 9.18 Å². The lowest BCUT2D eigenvalue weighted by Gasteiger charge is -2.34. The van der Waals surface area contributed by atoms with Gasteiger partial charge in [0.2, 0.25) is 0 Å². The maximum absolute atomic E-state index is 13.5. The smallest absolute Gasteiger partial charge is 0.254 e. The third-order valence-electron chi connectivity index (χ3n) is 4.33. The second-order valence-corrected chi connectivity index (χ2v) is 6.94. The molecule has 3 nitrogen and oxygen atoms in total. The van der Waals surface area contributed by atoms with Crippen LogP contribution in [0.4, 0.5) is 4.39 Å². The SMILES string of the molecule is O=C(c1cc(F)cc(Br)c1)N1CCN(CCc2ccccc2)CC1. The van der Waals surface area contributed by atoms with Crippen LogP contribution >= 0.6 is 15.9 Å². The first-order valence-electron chi connectivity index (χ1n) is 8.13. The number of rotatable bonds is 4. The lowest BCUT2D eigenvalue weighted by atomic mass is 10.1. The number of piperazine rings is 1. The zero-order chi connectivity index (χ0) is 16.9. The maximum atomic E-state index is 13.5. The Kier molecular flexibility index (Phi) is 5.63. The van der Waals surface area contributed by atoms with E-state index in [0.717, 1.165) is 26.1 Å². The summed E-state index contributed by atoms with van der Waals surface area (Å²) in [5, 5.41) is 0. The molecule has 0 unspecified atom stereocenters. The van der Waals surface area contributed by atoms with Gasteiger partial charge >= 0.3 is 0 Å². The van der Waals surface area contributed by atoms with Crippen molar-refractivity contribution in [2.45, 2.75) is 6.42 Å². The summed E-state index contributed by atoms with van der Waals surface area (Å²) in [7, 11) is 0. The van der Waals surface area contributed by atoms with E-state index >= 15 is 0 Å². The molecule has 2 aromatic rings. The van der Waals surface area contributed by atoms with E-state index in [2.05, 4.69) is 45.1 Å². The highest BCUT2D eigenvalue weighted by molar-refractivity contribution is 9.10. The molecule has 24 heavy (non-hydrogen) atoms. The fourth-order valence-electron chi connectivity index (χ4n) is 2.97. The first kappa shape index (κ1) is 17.1. The molecule has 1 fully saturated rings. The second kappa shape index (κ2) is 7.90. The summed E-state index contributed by atoms with van der Waals surface area (Å²) >= 11 is 3.24. The predicted molar refractivity (Wildman–Crippen MR) is 96.6 cm³/mol. The molecule has 2 aromatic carbocycles. The van der Waals surface area contributed by atoms with Crippen LogP contribution in [0.3, 0.4) is 0 Å². The predicted octanol–water partition coefficient (Wildman–Crippen LogP) is 3.59. The molecule has 1 heterocycles. The molecule has 1 saturated heterocycles. The van der Waals surface area contributed by atoms with Crippen molar-refractivity contribution in [2.75, 3.05) is 32.7 Å². The minimum Gasteiger partial charge on any atom is -0.336 e. The molecule has 0 radical (unpaired) electrons. The third-order valence-corrected chi connectivity index (χ3v) is 4.79. The molecule has 5 heteroatoms. The van der Waals surface area contributed by atoms with Crippen LogP contribution in [0.2, 0.25) is 0 Å². The molecule has 0 aromatic heterocycles. The number of benzene rings is 2. The van der Waals surface area contributed by atoms with Crippen molar-refractivity contribution in [3.8, 4) is 0 Å². The van der Waals surface area contributed by atoms with Gasteiger partial charge in [-0.3, -0.25) is 9.69 Å². The van der Waals surface area contributed by atoms with E-state index in [0.29, 0.717) is 23.1 Å². The molecule has 0 saturated carbocycles.